The average Bonchev–Trinajstić information content (AvgIpc) is 3.72. The second kappa shape index (κ2) is 19.2. The molecule has 2 rings (SSSR count). The lowest BCUT2D eigenvalue weighted by molar-refractivity contribution is -0.146. The lowest BCUT2D eigenvalue weighted by atomic mass is 10.0. The number of likely N-dealkylation sites (tertiary alicyclic amines) is 1. The van der Waals surface area contributed by atoms with Crippen molar-refractivity contribution in [3.63, 3.8) is 0 Å². The molecular formula is C30H47N9O11. The average molecular weight is 710 g/mol. The van der Waals surface area contributed by atoms with Gasteiger partial charge in [-0.1, -0.05) is 13.8 Å². The molecule has 1 saturated heterocycles. The first-order valence-electron chi connectivity index (χ1n) is 16.1. The number of aromatic amines is 1. The molecule has 0 radical (unpaired) electrons. The summed E-state index contributed by atoms with van der Waals surface area (Å²) in [5.74, 6) is -8.16. The fourth-order valence-corrected chi connectivity index (χ4v) is 5.33. The molecule has 0 aromatic carbocycles. The van der Waals surface area contributed by atoms with Crippen LogP contribution in [0.2, 0.25) is 0 Å². The van der Waals surface area contributed by atoms with Crippen LogP contribution in [0.3, 0.4) is 0 Å². The number of nitrogens with one attached hydrogen (secondary N) is 5. The Morgan fingerprint density at radius 3 is 2.14 bits per heavy atom. The number of rotatable bonds is 20. The van der Waals surface area contributed by atoms with E-state index in [1.165, 1.54) is 12.5 Å². The van der Waals surface area contributed by atoms with E-state index < -0.39 is 96.2 Å². The van der Waals surface area contributed by atoms with E-state index in [0.717, 1.165) is 11.8 Å². The van der Waals surface area contributed by atoms with Gasteiger partial charge in [0.25, 0.3) is 0 Å². The van der Waals surface area contributed by atoms with Gasteiger partial charge < -0.3 is 57.9 Å². The molecule has 0 spiro atoms. The van der Waals surface area contributed by atoms with Crippen LogP contribution in [0.1, 0.15) is 65.0 Å². The summed E-state index contributed by atoms with van der Waals surface area (Å²) in [5.41, 5.74) is 11.5. The van der Waals surface area contributed by atoms with Crippen molar-refractivity contribution in [3.05, 3.63) is 18.2 Å². The molecule has 1 aromatic heterocycles. The number of amides is 6. The third-order valence-electron chi connectivity index (χ3n) is 7.86. The number of aliphatic hydroxyl groups is 1. The minimum absolute atomic E-state index is 0.0268. The third kappa shape index (κ3) is 12.7. The molecule has 0 saturated carbocycles. The quantitative estimate of drug-likeness (QED) is 0.0628. The molecule has 1 fully saturated rings. The summed E-state index contributed by atoms with van der Waals surface area (Å²) in [6.07, 6.45) is 0.194. The molecule has 50 heavy (non-hydrogen) atoms. The summed E-state index contributed by atoms with van der Waals surface area (Å²) < 4.78 is 0. The van der Waals surface area contributed by atoms with Gasteiger partial charge in [-0.3, -0.25) is 33.6 Å². The first-order valence-corrected chi connectivity index (χ1v) is 16.1. The summed E-state index contributed by atoms with van der Waals surface area (Å²) >= 11 is 0. The van der Waals surface area contributed by atoms with E-state index in [1.54, 1.807) is 0 Å². The highest BCUT2D eigenvalue weighted by Crippen LogP contribution is 2.20. The van der Waals surface area contributed by atoms with Crippen LogP contribution >= 0.6 is 0 Å². The van der Waals surface area contributed by atoms with Gasteiger partial charge in [-0.05, 0) is 38.5 Å². The molecule has 1 aliphatic rings. The molecule has 1 aliphatic heterocycles. The second-order valence-electron chi connectivity index (χ2n) is 12.6. The van der Waals surface area contributed by atoms with Crippen LogP contribution in [0.15, 0.2) is 12.5 Å². The minimum Gasteiger partial charge on any atom is -0.481 e. The first kappa shape index (κ1) is 41.1. The number of aliphatic carboxylic acids is 2. The number of carboxylic acid groups (broad SMARTS) is 2. The summed E-state index contributed by atoms with van der Waals surface area (Å²) in [5, 5.41) is 38.6. The van der Waals surface area contributed by atoms with Crippen LogP contribution in [0.25, 0.3) is 0 Å². The third-order valence-corrected chi connectivity index (χ3v) is 7.86. The number of carbonyl (C=O) groups is 8. The molecule has 20 nitrogen and oxygen atoms in total. The standard InChI is InChI=1S/C30H47N9O11/c1-14(2)9-17(31)25(44)36-19(10-16-12-33-13-34-16)26(45)37-20(11-23(42)43)29(48)39-8-4-5-21(39)27(46)38-24(15(3)40)28(47)35-18(30(49)50)6-7-22(32)41/h12-15,17-21,24,40H,4-11,31H2,1-3H3,(H2,32,41)(H,33,34)(H,35,47)(H,36,44)(H,37,45)(H,38,46)(H,42,43)(H,49,50)/t15-,17+,18+,19+,20+,21+,24+/m1/s1. The molecule has 12 N–H and O–H groups in total. The van der Waals surface area contributed by atoms with E-state index in [9.17, 15) is 53.7 Å². The molecule has 2 heterocycles. The first-order chi connectivity index (χ1) is 23.4. The maximum atomic E-state index is 13.7. The van der Waals surface area contributed by atoms with Gasteiger partial charge in [0.2, 0.25) is 35.4 Å². The van der Waals surface area contributed by atoms with Crippen molar-refractivity contribution in [2.45, 2.75) is 108 Å². The smallest absolute Gasteiger partial charge is 0.326 e. The van der Waals surface area contributed by atoms with Crippen molar-refractivity contribution in [1.29, 1.82) is 0 Å². The Morgan fingerprint density at radius 1 is 0.960 bits per heavy atom. The van der Waals surface area contributed by atoms with Gasteiger partial charge in [-0.25, -0.2) is 9.78 Å². The molecule has 278 valence electrons. The summed E-state index contributed by atoms with van der Waals surface area (Å²) in [7, 11) is 0. The number of nitrogens with zero attached hydrogens (tertiary/aromatic N) is 2. The van der Waals surface area contributed by atoms with Crippen LogP contribution in [0.5, 0.6) is 0 Å². The predicted molar refractivity (Wildman–Crippen MR) is 172 cm³/mol. The SMILES string of the molecule is CC(C)C[C@H](N)C(=O)N[C@@H](Cc1cnc[nH]1)C(=O)N[C@@H](CC(=O)O)C(=O)N1CCC[C@H]1C(=O)N[C@H](C(=O)N[C@@H](CCC(N)=O)C(=O)O)[C@@H](C)O. The van der Waals surface area contributed by atoms with Gasteiger partial charge >= 0.3 is 11.9 Å². The van der Waals surface area contributed by atoms with Crippen LogP contribution in [-0.4, -0.2) is 126 Å². The Hall–Kier alpha value is -5.11. The number of hydrogen-bond donors (Lipinski definition) is 10. The number of carboxylic acids is 2. The van der Waals surface area contributed by atoms with Crippen LogP contribution in [0.4, 0.5) is 0 Å². The Bertz CT molecular complexity index is 1390. The van der Waals surface area contributed by atoms with Crippen LogP contribution < -0.4 is 32.7 Å². The maximum Gasteiger partial charge on any atom is 0.326 e. The highest BCUT2D eigenvalue weighted by Gasteiger charge is 2.41. The molecule has 7 atom stereocenters. The molecular weight excluding hydrogens is 662 g/mol. The molecule has 6 amide bonds. The van der Waals surface area contributed by atoms with Gasteiger partial charge in [0.1, 0.15) is 30.2 Å². The number of hydrogen-bond acceptors (Lipinski definition) is 11. The summed E-state index contributed by atoms with van der Waals surface area (Å²) in [6, 6.07) is -8.44. The highest BCUT2D eigenvalue weighted by molar-refractivity contribution is 5.98. The zero-order chi connectivity index (χ0) is 37.7. The summed E-state index contributed by atoms with van der Waals surface area (Å²) in [4.78, 5) is 109. The van der Waals surface area contributed by atoms with E-state index in [-0.39, 0.29) is 44.6 Å². The maximum absolute atomic E-state index is 13.7. The monoisotopic (exact) mass is 709 g/mol. The van der Waals surface area contributed by atoms with Crippen molar-refractivity contribution in [1.82, 2.24) is 36.1 Å². The zero-order valence-electron chi connectivity index (χ0n) is 28.1. The molecule has 0 bridgehead atoms. The van der Waals surface area contributed by atoms with Gasteiger partial charge in [-0.15, -0.1) is 0 Å². The number of nitrogens with two attached hydrogens (primary N) is 2. The van der Waals surface area contributed by atoms with Gasteiger partial charge in [0.15, 0.2) is 0 Å². The van der Waals surface area contributed by atoms with Crippen molar-refractivity contribution in [2.75, 3.05) is 6.54 Å². The molecule has 1 aromatic rings. The van der Waals surface area contributed by atoms with Crippen molar-refractivity contribution < 1.29 is 53.7 Å². The zero-order valence-corrected chi connectivity index (χ0v) is 28.1. The number of H-pyrrole nitrogens is 1. The predicted octanol–water partition coefficient (Wildman–Crippen LogP) is -3.54. The largest absolute Gasteiger partial charge is 0.481 e. The number of aromatic nitrogens is 2. The fourth-order valence-electron chi connectivity index (χ4n) is 5.33. The Labute approximate surface area is 287 Å². The van der Waals surface area contributed by atoms with Gasteiger partial charge in [0.05, 0.1) is 24.9 Å². The topological polar surface area (TPSA) is 329 Å². The van der Waals surface area contributed by atoms with Crippen molar-refractivity contribution >= 4 is 47.4 Å². The Balaban J connectivity index is 2.24. The van der Waals surface area contributed by atoms with E-state index in [4.69, 9.17) is 11.5 Å². The molecule has 0 unspecified atom stereocenters. The van der Waals surface area contributed by atoms with E-state index in [0.29, 0.717) is 12.1 Å². The minimum atomic E-state index is -1.68. The van der Waals surface area contributed by atoms with Gasteiger partial charge in [-0.2, -0.15) is 0 Å². The second-order valence-corrected chi connectivity index (χ2v) is 12.6. The fraction of sp³-hybridized carbons (Fsp3) is 0.633. The van der Waals surface area contributed by atoms with Crippen molar-refractivity contribution in [3.8, 4) is 0 Å². The van der Waals surface area contributed by atoms with Crippen LogP contribution in [0, 0.1) is 5.92 Å². The Morgan fingerprint density at radius 2 is 1.60 bits per heavy atom. The van der Waals surface area contributed by atoms with E-state index in [2.05, 4.69) is 31.2 Å². The normalized spacial score (nSPS) is 17.8. The lowest BCUT2D eigenvalue weighted by Gasteiger charge is -2.31. The summed E-state index contributed by atoms with van der Waals surface area (Å²) in [6.45, 7) is 4.85. The number of aliphatic hydroxyl groups excluding tert-OH is 1. The van der Waals surface area contributed by atoms with Crippen molar-refractivity contribution in [2.24, 2.45) is 17.4 Å². The van der Waals surface area contributed by atoms with E-state index >= 15 is 0 Å². The highest BCUT2D eigenvalue weighted by atomic mass is 16.4. The van der Waals surface area contributed by atoms with E-state index in [1.807, 2.05) is 13.8 Å². The van der Waals surface area contributed by atoms with Crippen LogP contribution in [-0.2, 0) is 44.8 Å². The number of primary amides is 1. The van der Waals surface area contributed by atoms with Gasteiger partial charge in [0, 0.05) is 31.3 Å². The lowest BCUT2D eigenvalue weighted by Crippen LogP contribution is -2.60. The molecule has 20 heteroatoms. The molecule has 0 aliphatic carbocycles. The Kier molecular flexibility index (Phi) is 15.7. The number of imidazole rings is 1. The number of carbonyl (C=O) groups excluding carboxylic acids is 6.